The monoisotopic (exact) mass is 498 g/mol. The van der Waals surface area contributed by atoms with Gasteiger partial charge in [0.15, 0.2) is 0 Å². The van der Waals surface area contributed by atoms with E-state index in [1.807, 2.05) is 31.2 Å². The van der Waals surface area contributed by atoms with Crippen LogP contribution in [0, 0.1) is 6.92 Å². The molecule has 1 aromatic heterocycles. The van der Waals surface area contributed by atoms with Crippen LogP contribution in [0.1, 0.15) is 18.9 Å². The molecule has 0 bridgehead atoms. The Morgan fingerprint density at radius 1 is 1.13 bits per heavy atom. The maximum absolute atomic E-state index is 13.0. The van der Waals surface area contributed by atoms with Crippen LogP contribution in [0.2, 0.25) is 10.0 Å². The number of nitrogens with zero attached hydrogens (tertiary/aromatic N) is 3. The van der Waals surface area contributed by atoms with Crippen LogP contribution in [-0.4, -0.2) is 36.8 Å². The van der Waals surface area contributed by atoms with Crippen LogP contribution in [0.25, 0.3) is 10.6 Å². The van der Waals surface area contributed by atoms with Crippen LogP contribution in [0.15, 0.2) is 42.5 Å². The largest absolute Gasteiger partial charge is 0.299 e. The van der Waals surface area contributed by atoms with Gasteiger partial charge in [0.2, 0.25) is 21.1 Å². The van der Waals surface area contributed by atoms with Gasteiger partial charge in [0.05, 0.1) is 11.9 Å². The van der Waals surface area contributed by atoms with E-state index in [4.69, 9.17) is 23.2 Å². The molecule has 1 N–H and O–H groups in total. The van der Waals surface area contributed by atoms with Crippen LogP contribution in [0.3, 0.4) is 0 Å². The molecule has 7 nitrogen and oxygen atoms in total. The Morgan fingerprint density at radius 2 is 1.74 bits per heavy atom. The number of benzene rings is 2. The Morgan fingerprint density at radius 3 is 2.29 bits per heavy atom. The van der Waals surface area contributed by atoms with Crippen molar-refractivity contribution in [3.63, 3.8) is 0 Å². The van der Waals surface area contributed by atoms with E-state index in [0.29, 0.717) is 5.01 Å². The third-order valence-electron chi connectivity index (χ3n) is 4.39. The number of aromatic nitrogens is 2. The molecule has 31 heavy (non-hydrogen) atoms. The smallest absolute Gasteiger partial charge is 0.250 e. The molecule has 1 heterocycles. The molecule has 3 aromatic rings. The minimum atomic E-state index is -3.82. The van der Waals surface area contributed by atoms with E-state index in [1.165, 1.54) is 29.5 Å². The van der Waals surface area contributed by atoms with Crippen LogP contribution in [0.5, 0.6) is 0 Å². The van der Waals surface area contributed by atoms with Crippen molar-refractivity contribution in [1.82, 2.24) is 10.2 Å². The van der Waals surface area contributed by atoms with Crippen molar-refractivity contribution in [2.45, 2.75) is 26.3 Å². The summed E-state index contributed by atoms with van der Waals surface area (Å²) >= 11 is 13.3. The van der Waals surface area contributed by atoms with E-state index >= 15 is 0 Å². The highest BCUT2D eigenvalue weighted by atomic mass is 35.5. The van der Waals surface area contributed by atoms with Gasteiger partial charge >= 0.3 is 0 Å². The number of hydrogen-bond acceptors (Lipinski definition) is 6. The second-order valence-electron chi connectivity index (χ2n) is 6.88. The molecule has 0 aliphatic carbocycles. The lowest BCUT2D eigenvalue weighted by Gasteiger charge is -2.30. The molecule has 0 unspecified atom stereocenters. The number of amides is 1. The van der Waals surface area contributed by atoms with E-state index in [0.717, 1.165) is 21.7 Å². The summed E-state index contributed by atoms with van der Waals surface area (Å²) in [6.07, 6.45) is 1.24. The van der Waals surface area contributed by atoms with E-state index in [2.05, 4.69) is 15.5 Å². The molecular formula is C20H20Cl2N4O3S2. The van der Waals surface area contributed by atoms with Crippen molar-refractivity contribution in [3.8, 4) is 10.6 Å². The first-order valence-electron chi connectivity index (χ1n) is 9.25. The summed E-state index contributed by atoms with van der Waals surface area (Å²) in [6.45, 7) is 3.70. The van der Waals surface area contributed by atoms with Crippen LogP contribution >= 0.6 is 34.5 Å². The van der Waals surface area contributed by atoms with Gasteiger partial charge in [-0.15, -0.1) is 10.2 Å². The Balaban J connectivity index is 1.88. The summed E-state index contributed by atoms with van der Waals surface area (Å²) in [4.78, 5) is 13.0. The number of carbonyl (C=O) groups excluding carboxylic acids is 1. The number of carbonyl (C=O) groups is 1. The fraction of sp³-hybridized carbons (Fsp3) is 0.250. The predicted octanol–water partition coefficient (Wildman–Crippen LogP) is 5.00. The van der Waals surface area contributed by atoms with E-state index in [9.17, 15) is 13.2 Å². The molecule has 3 rings (SSSR count). The number of aryl methyl sites for hydroxylation is 1. The molecule has 0 radical (unpaired) electrons. The molecule has 0 aliphatic heterocycles. The van der Waals surface area contributed by atoms with Gasteiger partial charge in [0.1, 0.15) is 11.0 Å². The Bertz CT molecular complexity index is 1180. The summed E-state index contributed by atoms with van der Waals surface area (Å²) in [5.74, 6) is -0.532. The highest BCUT2D eigenvalue weighted by molar-refractivity contribution is 7.92. The first kappa shape index (κ1) is 23.5. The highest BCUT2D eigenvalue weighted by Gasteiger charge is 2.32. The highest BCUT2D eigenvalue weighted by Crippen LogP contribution is 2.31. The zero-order valence-corrected chi connectivity index (χ0v) is 20.1. The lowest BCUT2D eigenvalue weighted by molar-refractivity contribution is -0.117. The average Bonchev–Trinajstić information content (AvgIpc) is 3.13. The Hall–Kier alpha value is -2.20. The van der Waals surface area contributed by atoms with Gasteiger partial charge in [-0.3, -0.25) is 14.4 Å². The van der Waals surface area contributed by atoms with Gasteiger partial charge in [-0.25, -0.2) is 8.42 Å². The summed E-state index contributed by atoms with van der Waals surface area (Å²) < 4.78 is 26.1. The molecule has 0 fully saturated rings. The summed E-state index contributed by atoms with van der Waals surface area (Å²) in [6, 6.07) is 11.1. The fourth-order valence-corrected chi connectivity index (χ4v) is 5.46. The number of sulfonamides is 1. The van der Waals surface area contributed by atoms with Gasteiger partial charge in [-0.2, -0.15) is 0 Å². The number of rotatable bonds is 7. The summed E-state index contributed by atoms with van der Waals surface area (Å²) in [7, 11) is -3.82. The lowest BCUT2D eigenvalue weighted by atomic mass is 10.2. The zero-order valence-electron chi connectivity index (χ0n) is 17.0. The topological polar surface area (TPSA) is 92.3 Å². The lowest BCUT2D eigenvalue weighted by Crippen LogP contribution is -2.47. The molecule has 0 aliphatic rings. The minimum Gasteiger partial charge on any atom is -0.299 e. The van der Waals surface area contributed by atoms with E-state index < -0.39 is 22.0 Å². The molecule has 164 valence electrons. The predicted molar refractivity (Wildman–Crippen MR) is 127 cm³/mol. The maximum Gasteiger partial charge on any atom is 0.250 e. The summed E-state index contributed by atoms with van der Waals surface area (Å²) in [5, 5.41) is 12.3. The normalized spacial score (nSPS) is 12.4. The van der Waals surface area contributed by atoms with Crippen molar-refractivity contribution in [2.24, 2.45) is 0 Å². The molecule has 1 amide bonds. The molecule has 0 saturated heterocycles. The quantitative estimate of drug-likeness (QED) is 0.494. The van der Waals surface area contributed by atoms with Crippen LogP contribution < -0.4 is 9.62 Å². The van der Waals surface area contributed by atoms with Crippen molar-refractivity contribution in [1.29, 1.82) is 0 Å². The Kier molecular flexibility index (Phi) is 7.20. The zero-order chi connectivity index (χ0) is 22.8. The first-order valence-corrected chi connectivity index (χ1v) is 12.7. The van der Waals surface area contributed by atoms with Gasteiger partial charge < -0.3 is 0 Å². The molecule has 1 atom stereocenters. The third kappa shape index (κ3) is 5.74. The average molecular weight is 499 g/mol. The first-order chi connectivity index (χ1) is 14.6. The van der Waals surface area contributed by atoms with E-state index in [-0.39, 0.29) is 27.3 Å². The SMILES string of the molecule is CC[C@@H](C(=O)Nc1nnc(-c2ccc(C)cc2)s1)N(c1cc(Cl)cc(Cl)c1)S(C)(=O)=O. The standard InChI is InChI=1S/C20H20Cl2N4O3S2/c1-4-17(26(31(3,28)29)16-10-14(21)9-15(22)11-16)18(27)23-20-25-24-19(30-20)13-7-5-12(2)6-8-13/h5-11,17H,4H2,1-3H3,(H,23,25,27)/t17-/m0/s1. The van der Waals surface area contributed by atoms with Gasteiger partial charge in [0, 0.05) is 15.6 Å². The van der Waals surface area contributed by atoms with Crippen LogP contribution in [-0.2, 0) is 14.8 Å². The fourth-order valence-electron chi connectivity index (χ4n) is 3.00. The number of halogens is 2. The second kappa shape index (κ2) is 9.52. The Labute approximate surface area is 195 Å². The molecule has 11 heteroatoms. The van der Waals surface area contributed by atoms with Gasteiger partial charge in [-0.05, 0) is 31.5 Å². The molecule has 0 saturated carbocycles. The number of nitrogens with one attached hydrogen (secondary N) is 1. The van der Waals surface area contributed by atoms with Crippen LogP contribution in [0.4, 0.5) is 10.8 Å². The van der Waals surface area contributed by atoms with E-state index in [1.54, 1.807) is 6.92 Å². The van der Waals surface area contributed by atoms with Gasteiger partial charge in [0.25, 0.3) is 0 Å². The second-order valence-corrected chi connectivity index (χ2v) is 10.6. The molecular weight excluding hydrogens is 479 g/mol. The van der Waals surface area contributed by atoms with Crippen molar-refractivity contribution in [3.05, 3.63) is 58.1 Å². The minimum absolute atomic E-state index is 0.208. The van der Waals surface area contributed by atoms with Crippen molar-refractivity contribution < 1.29 is 13.2 Å². The maximum atomic E-state index is 13.0. The molecule has 2 aromatic carbocycles. The van der Waals surface area contributed by atoms with Gasteiger partial charge in [-0.1, -0.05) is 71.3 Å². The third-order valence-corrected chi connectivity index (χ3v) is 6.89. The van der Waals surface area contributed by atoms with Crippen molar-refractivity contribution >= 4 is 61.3 Å². The summed E-state index contributed by atoms with van der Waals surface area (Å²) in [5.41, 5.74) is 2.20. The molecule has 0 spiro atoms. The number of anilines is 2. The van der Waals surface area contributed by atoms with Crippen molar-refractivity contribution in [2.75, 3.05) is 15.9 Å². The number of hydrogen-bond donors (Lipinski definition) is 1.